The van der Waals surface area contributed by atoms with Gasteiger partial charge in [-0.2, -0.15) is 0 Å². The Hall–Kier alpha value is -0.710. The molecule has 0 radical (unpaired) electrons. The maximum absolute atomic E-state index is 12.3. The van der Waals surface area contributed by atoms with E-state index in [2.05, 4.69) is 19.1 Å². The summed E-state index contributed by atoms with van der Waals surface area (Å²) in [6.07, 6.45) is 8.48. The molecule has 0 aromatic heterocycles. The molecule has 4 heteroatoms. The van der Waals surface area contributed by atoms with Crippen LogP contribution in [0.2, 0.25) is 0 Å². The summed E-state index contributed by atoms with van der Waals surface area (Å²) in [5, 5.41) is 34.2. The lowest BCUT2D eigenvalue weighted by molar-refractivity contribution is -0.248. The van der Waals surface area contributed by atoms with Crippen LogP contribution in [0.1, 0.15) is 59.3 Å². The third kappa shape index (κ3) is 1.42. The highest BCUT2D eigenvalue weighted by molar-refractivity contribution is 5.86. The van der Waals surface area contributed by atoms with E-state index in [1.807, 2.05) is 0 Å². The van der Waals surface area contributed by atoms with Crippen molar-refractivity contribution < 1.29 is 20.1 Å². The van der Waals surface area contributed by atoms with E-state index in [0.29, 0.717) is 12.8 Å². The lowest BCUT2D eigenvalue weighted by atomic mass is 9.45. The molecule has 4 saturated carbocycles. The number of carbonyl (C=O) groups is 1. The molecule has 3 N–H and O–H groups in total. The third-order valence-electron chi connectivity index (χ3n) is 9.98. The zero-order chi connectivity index (χ0) is 18.0. The number of aliphatic hydroxyl groups is 3. The van der Waals surface area contributed by atoms with Gasteiger partial charge in [-0.15, -0.1) is 0 Å². The van der Waals surface area contributed by atoms with E-state index in [9.17, 15) is 20.1 Å². The topological polar surface area (TPSA) is 77.8 Å². The molecule has 0 aromatic rings. The lowest BCUT2D eigenvalue weighted by Gasteiger charge is -2.62. The lowest BCUT2D eigenvalue weighted by Crippen LogP contribution is -2.70. The number of carbonyl (C=O) groups excluding carboxylic acids is 1. The molecule has 0 bridgehead atoms. The number of hydrogen-bond acceptors (Lipinski definition) is 4. The molecular formula is C21H30O4. The van der Waals surface area contributed by atoms with Gasteiger partial charge in [0.15, 0.2) is 5.78 Å². The van der Waals surface area contributed by atoms with Crippen LogP contribution in [0.3, 0.4) is 0 Å². The number of allylic oxidation sites excluding steroid dienone is 1. The maximum Gasteiger partial charge on any atom is 0.162 e. The van der Waals surface area contributed by atoms with Gasteiger partial charge in [-0.25, -0.2) is 0 Å². The highest BCUT2D eigenvalue weighted by Gasteiger charge is 2.79. The van der Waals surface area contributed by atoms with Crippen molar-refractivity contribution in [3.05, 3.63) is 12.2 Å². The predicted molar refractivity (Wildman–Crippen MR) is 92.5 cm³/mol. The van der Waals surface area contributed by atoms with Gasteiger partial charge < -0.3 is 15.3 Å². The summed E-state index contributed by atoms with van der Waals surface area (Å²) in [5.41, 5.74) is -3.70. The maximum atomic E-state index is 12.3. The Balaban J connectivity index is 1.66. The number of rotatable bonds is 1. The molecule has 9 atom stereocenters. The van der Waals surface area contributed by atoms with Crippen molar-refractivity contribution >= 4 is 5.78 Å². The van der Waals surface area contributed by atoms with Crippen LogP contribution >= 0.6 is 0 Å². The molecule has 138 valence electrons. The summed E-state index contributed by atoms with van der Waals surface area (Å²) in [7, 11) is 0. The average Bonchev–Trinajstić information content (AvgIpc) is 3.12. The molecule has 4 nitrogen and oxygen atoms in total. The van der Waals surface area contributed by atoms with Crippen molar-refractivity contribution in [2.75, 3.05) is 0 Å². The fourth-order valence-electron chi connectivity index (χ4n) is 8.09. The smallest absolute Gasteiger partial charge is 0.162 e. The second kappa shape index (κ2) is 4.23. The minimum atomic E-state index is -1.65. The molecule has 25 heavy (non-hydrogen) atoms. The van der Waals surface area contributed by atoms with Gasteiger partial charge in [0, 0.05) is 5.92 Å². The van der Waals surface area contributed by atoms with Crippen LogP contribution in [0.25, 0.3) is 0 Å². The minimum Gasteiger partial charge on any atom is -0.392 e. The molecule has 0 unspecified atom stereocenters. The quantitative estimate of drug-likeness (QED) is 0.636. The summed E-state index contributed by atoms with van der Waals surface area (Å²) in [6, 6.07) is 0. The Morgan fingerprint density at radius 3 is 2.52 bits per heavy atom. The van der Waals surface area contributed by atoms with E-state index in [0.717, 1.165) is 12.3 Å². The Labute approximate surface area is 149 Å². The van der Waals surface area contributed by atoms with Gasteiger partial charge in [0.05, 0.1) is 17.1 Å². The zero-order valence-corrected chi connectivity index (χ0v) is 15.5. The van der Waals surface area contributed by atoms with Crippen LogP contribution in [0.15, 0.2) is 12.2 Å². The average molecular weight is 346 g/mol. The van der Waals surface area contributed by atoms with Crippen molar-refractivity contribution in [1.82, 2.24) is 0 Å². The first-order valence-corrected chi connectivity index (χ1v) is 9.90. The largest absolute Gasteiger partial charge is 0.392 e. The van der Waals surface area contributed by atoms with Crippen molar-refractivity contribution in [2.45, 2.75) is 76.6 Å². The number of aliphatic hydroxyl groups excluding tert-OH is 1. The first-order valence-electron chi connectivity index (χ1n) is 9.90. The predicted octanol–water partition coefficient (Wildman–Crippen LogP) is 2.21. The fraction of sp³-hybridized carbons (Fsp3) is 0.857. The van der Waals surface area contributed by atoms with Gasteiger partial charge in [-0.3, -0.25) is 4.79 Å². The number of hydrogen-bond donors (Lipinski definition) is 3. The minimum absolute atomic E-state index is 0.0933. The molecule has 0 heterocycles. The number of Topliss-reactive ketones (excluding diaryl/α,β-unsaturated/α-hetero) is 1. The molecule has 1 spiro atoms. The Morgan fingerprint density at radius 1 is 1.16 bits per heavy atom. The Bertz CT molecular complexity index is 702. The van der Waals surface area contributed by atoms with E-state index < -0.39 is 22.7 Å². The van der Waals surface area contributed by atoms with E-state index in [4.69, 9.17) is 0 Å². The van der Waals surface area contributed by atoms with Crippen molar-refractivity contribution in [3.8, 4) is 0 Å². The summed E-state index contributed by atoms with van der Waals surface area (Å²) in [6.45, 7) is 5.47. The molecule has 5 aliphatic carbocycles. The van der Waals surface area contributed by atoms with Gasteiger partial charge in [-0.05, 0) is 68.1 Å². The molecular weight excluding hydrogens is 316 g/mol. The van der Waals surface area contributed by atoms with Gasteiger partial charge in [0.25, 0.3) is 0 Å². The van der Waals surface area contributed by atoms with Crippen LogP contribution in [0.5, 0.6) is 0 Å². The summed E-state index contributed by atoms with van der Waals surface area (Å²) >= 11 is 0. The van der Waals surface area contributed by atoms with Crippen LogP contribution in [-0.2, 0) is 4.79 Å². The first-order chi connectivity index (χ1) is 11.6. The standard InChI is InChI=1S/C21H30O4/c1-12(22)20(24)8-9-21(25)14-5-7-19-11-13(19)4-6-17(19,2)15(14)10-16(23)18(20,21)3/h5,7,13-16,23-25H,4,6,8-11H2,1-3H3/t13-,14-,15+,16-,17-,18-,19+,20-,21+/m1/s1. The van der Waals surface area contributed by atoms with Crippen LogP contribution < -0.4 is 0 Å². The monoisotopic (exact) mass is 346 g/mol. The fourth-order valence-corrected chi connectivity index (χ4v) is 8.09. The number of ketones is 1. The van der Waals surface area contributed by atoms with Gasteiger partial charge in [0.2, 0.25) is 0 Å². The molecule has 5 aliphatic rings. The van der Waals surface area contributed by atoms with Gasteiger partial charge >= 0.3 is 0 Å². The van der Waals surface area contributed by atoms with Crippen molar-refractivity contribution in [1.29, 1.82) is 0 Å². The van der Waals surface area contributed by atoms with Crippen LogP contribution in [0.4, 0.5) is 0 Å². The van der Waals surface area contributed by atoms with Crippen molar-refractivity contribution in [3.63, 3.8) is 0 Å². The van der Waals surface area contributed by atoms with Crippen LogP contribution in [0, 0.1) is 34.0 Å². The second-order valence-electron chi connectivity index (χ2n) is 10.2. The van der Waals surface area contributed by atoms with E-state index >= 15 is 0 Å². The zero-order valence-electron chi connectivity index (χ0n) is 15.5. The molecule has 0 aromatic carbocycles. The van der Waals surface area contributed by atoms with Crippen LogP contribution in [-0.4, -0.2) is 38.4 Å². The third-order valence-corrected chi connectivity index (χ3v) is 9.98. The first kappa shape index (κ1) is 16.5. The SMILES string of the molecule is CC(=O)[C@]1(O)CC[C@]2(O)[C@@H]3C=C[C@]45C[C@H]4CC[C@]5(C)[C@H]3C[C@@H](O)[C@]12C. The summed E-state index contributed by atoms with van der Waals surface area (Å²) in [5.74, 6) is 0.554. The molecule has 4 fully saturated rings. The molecule has 0 aliphatic heterocycles. The Morgan fingerprint density at radius 2 is 1.88 bits per heavy atom. The Kier molecular flexibility index (Phi) is 2.79. The van der Waals surface area contributed by atoms with Gasteiger partial charge in [0.1, 0.15) is 5.60 Å². The van der Waals surface area contributed by atoms with E-state index in [1.54, 1.807) is 6.92 Å². The van der Waals surface area contributed by atoms with E-state index in [-0.39, 0.29) is 34.9 Å². The highest BCUT2D eigenvalue weighted by atomic mass is 16.3. The molecule has 0 amide bonds. The summed E-state index contributed by atoms with van der Waals surface area (Å²) in [4.78, 5) is 12.3. The highest BCUT2D eigenvalue weighted by Crippen LogP contribution is 2.80. The number of fused-ring (bicyclic) bond motifs is 4. The molecule has 5 rings (SSSR count). The summed E-state index contributed by atoms with van der Waals surface area (Å²) < 4.78 is 0. The molecule has 0 saturated heterocycles. The second-order valence-corrected chi connectivity index (χ2v) is 10.2. The normalized spacial score (nSPS) is 64.2. The van der Waals surface area contributed by atoms with E-state index in [1.165, 1.54) is 19.8 Å². The van der Waals surface area contributed by atoms with Gasteiger partial charge in [-0.1, -0.05) is 26.0 Å². The van der Waals surface area contributed by atoms with Crippen molar-refractivity contribution in [2.24, 2.45) is 34.0 Å².